The van der Waals surface area contributed by atoms with Crippen molar-refractivity contribution in [2.45, 2.75) is 19.4 Å². The largest absolute Gasteiger partial charge is 0.304 e. The van der Waals surface area contributed by atoms with Crippen molar-refractivity contribution >= 4 is 0 Å². The summed E-state index contributed by atoms with van der Waals surface area (Å²) in [5.41, 5.74) is 0.969. The van der Waals surface area contributed by atoms with Crippen LogP contribution >= 0.6 is 0 Å². The molecule has 0 saturated carbocycles. The first-order chi connectivity index (χ1) is 8.31. The SMILES string of the molecule is CCCNC(c1ccc(F)cc1)c1ncn[nH]1. The molecule has 1 aromatic carbocycles. The predicted octanol–water partition coefficient (Wildman–Crippen LogP) is 2.03. The number of rotatable bonds is 5. The van der Waals surface area contributed by atoms with Gasteiger partial charge < -0.3 is 5.32 Å². The molecule has 1 atom stereocenters. The van der Waals surface area contributed by atoms with Crippen LogP contribution in [0.15, 0.2) is 30.6 Å². The predicted molar refractivity (Wildman–Crippen MR) is 62.9 cm³/mol. The molecule has 5 heteroatoms. The Labute approximate surface area is 99.3 Å². The van der Waals surface area contributed by atoms with Gasteiger partial charge in [-0.15, -0.1) is 0 Å². The van der Waals surface area contributed by atoms with Crippen LogP contribution in [0.4, 0.5) is 4.39 Å². The second-order valence-electron chi connectivity index (χ2n) is 3.81. The van der Waals surface area contributed by atoms with E-state index >= 15 is 0 Å². The lowest BCUT2D eigenvalue weighted by Gasteiger charge is -2.16. The Morgan fingerprint density at radius 3 is 2.71 bits per heavy atom. The maximum absolute atomic E-state index is 12.9. The zero-order valence-electron chi connectivity index (χ0n) is 9.65. The molecule has 0 fully saturated rings. The number of benzene rings is 1. The first-order valence-electron chi connectivity index (χ1n) is 5.65. The summed E-state index contributed by atoms with van der Waals surface area (Å²) in [6, 6.07) is 6.34. The van der Waals surface area contributed by atoms with Crippen LogP contribution < -0.4 is 5.32 Å². The average molecular weight is 234 g/mol. The van der Waals surface area contributed by atoms with Gasteiger partial charge in [0.2, 0.25) is 0 Å². The van der Waals surface area contributed by atoms with Crippen LogP contribution in [0, 0.1) is 5.82 Å². The third-order valence-electron chi connectivity index (χ3n) is 2.51. The van der Waals surface area contributed by atoms with Crippen molar-refractivity contribution in [1.82, 2.24) is 20.5 Å². The van der Waals surface area contributed by atoms with Crippen molar-refractivity contribution < 1.29 is 4.39 Å². The molecule has 0 aliphatic carbocycles. The van der Waals surface area contributed by atoms with Gasteiger partial charge in [-0.1, -0.05) is 19.1 Å². The molecule has 1 heterocycles. The smallest absolute Gasteiger partial charge is 0.145 e. The van der Waals surface area contributed by atoms with E-state index in [1.165, 1.54) is 18.5 Å². The zero-order valence-corrected chi connectivity index (χ0v) is 9.65. The van der Waals surface area contributed by atoms with E-state index in [1.54, 1.807) is 12.1 Å². The summed E-state index contributed by atoms with van der Waals surface area (Å²) < 4.78 is 12.9. The highest BCUT2D eigenvalue weighted by Gasteiger charge is 2.15. The molecular weight excluding hydrogens is 219 g/mol. The van der Waals surface area contributed by atoms with Gasteiger partial charge >= 0.3 is 0 Å². The van der Waals surface area contributed by atoms with E-state index in [0.29, 0.717) is 0 Å². The molecule has 0 aliphatic heterocycles. The normalized spacial score (nSPS) is 12.6. The molecule has 17 heavy (non-hydrogen) atoms. The standard InChI is InChI=1S/C12H15FN4/c1-2-7-14-11(12-15-8-16-17-12)9-3-5-10(13)6-4-9/h3-6,8,11,14H,2,7H2,1H3,(H,15,16,17). The summed E-state index contributed by atoms with van der Waals surface area (Å²) in [6.07, 6.45) is 2.49. The molecule has 2 N–H and O–H groups in total. The molecule has 2 rings (SSSR count). The minimum atomic E-state index is -0.236. The monoisotopic (exact) mass is 234 g/mol. The van der Waals surface area contributed by atoms with E-state index in [4.69, 9.17) is 0 Å². The van der Waals surface area contributed by atoms with Crippen molar-refractivity contribution in [1.29, 1.82) is 0 Å². The molecule has 0 aliphatic rings. The minimum absolute atomic E-state index is 0.0713. The molecular formula is C12H15FN4. The number of hydrogen-bond acceptors (Lipinski definition) is 3. The number of nitrogens with one attached hydrogen (secondary N) is 2. The topological polar surface area (TPSA) is 53.6 Å². The fourth-order valence-electron chi connectivity index (χ4n) is 1.67. The maximum atomic E-state index is 12.9. The van der Waals surface area contributed by atoms with Crippen LogP contribution in [0.25, 0.3) is 0 Å². The van der Waals surface area contributed by atoms with Crippen LogP contribution in [0.2, 0.25) is 0 Å². The van der Waals surface area contributed by atoms with Gasteiger partial charge in [0.25, 0.3) is 0 Å². The van der Waals surface area contributed by atoms with E-state index < -0.39 is 0 Å². The van der Waals surface area contributed by atoms with Crippen molar-refractivity contribution in [3.8, 4) is 0 Å². The highest BCUT2D eigenvalue weighted by Crippen LogP contribution is 2.18. The quantitative estimate of drug-likeness (QED) is 0.832. The van der Waals surface area contributed by atoms with Crippen LogP contribution in [-0.4, -0.2) is 21.7 Å². The van der Waals surface area contributed by atoms with Crippen molar-refractivity contribution in [2.75, 3.05) is 6.54 Å². The molecule has 0 radical (unpaired) electrons. The molecule has 1 aromatic heterocycles. The van der Waals surface area contributed by atoms with Gasteiger partial charge in [-0.3, -0.25) is 5.10 Å². The molecule has 0 saturated heterocycles. The van der Waals surface area contributed by atoms with Crippen LogP contribution in [0.5, 0.6) is 0 Å². The first kappa shape index (κ1) is 11.7. The van der Waals surface area contributed by atoms with Crippen LogP contribution in [-0.2, 0) is 0 Å². The Kier molecular flexibility index (Phi) is 3.82. The summed E-state index contributed by atoms with van der Waals surface area (Å²) in [4.78, 5) is 4.15. The molecule has 0 bridgehead atoms. The zero-order chi connectivity index (χ0) is 12.1. The van der Waals surface area contributed by atoms with Crippen LogP contribution in [0.1, 0.15) is 30.8 Å². The Morgan fingerprint density at radius 1 is 1.35 bits per heavy atom. The van der Waals surface area contributed by atoms with Crippen LogP contribution in [0.3, 0.4) is 0 Å². The van der Waals surface area contributed by atoms with E-state index in [1.807, 2.05) is 0 Å². The fraction of sp³-hybridized carbons (Fsp3) is 0.333. The summed E-state index contributed by atoms with van der Waals surface area (Å²) in [7, 11) is 0. The van der Waals surface area contributed by atoms with E-state index in [-0.39, 0.29) is 11.9 Å². The number of aromatic amines is 1. The average Bonchev–Trinajstić information content (AvgIpc) is 2.85. The lowest BCUT2D eigenvalue weighted by molar-refractivity contribution is 0.570. The van der Waals surface area contributed by atoms with Gasteiger partial charge in [0.1, 0.15) is 18.0 Å². The summed E-state index contributed by atoms with van der Waals surface area (Å²) in [5, 5.41) is 10.0. The molecule has 90 valence electrons. The summed E-state index contributed by atoms with van der Waals surface area (Å²) in [6.45, 7) is 2.96. The number of hydrogen-bond donors (Lipinski definition) is 2. The van der Waals surface area contributed by atoms with Crippen molar-refractivity contribution in [3.63, 3.8) is 0 Å². The number of nitrogens with zero attached hydrogens (tertiary/aromatic N) is 2. The second kappa shape index (κ2) is 5.54. The Balaban J connectivity index is 2.23. The van der Waals surface area contributed by atoms with Gasteiger partial charge in [0.15, 0.2) is 0 Å². The molecule has 4 nitrogen and oxygen atoms in total. The maximum Gasteiger partial charge on any atom is 0.145 e. The van der Waals surface area contributed by atoms with Gasteiger partial charge in [-0.05, 0) is 30.7 Å². The summed E-state index contributed by atoms with van der Waals surface area (Å²) >= 11 is 0. The second-order valence-corrected chi connectivity index (χ2v) is 3.81. The van der Waals surface area contributed by atoms with Gasteiger partial charge in [-0.2, -0.15) is 5.10 Å². The minimum Gasteiger partial charge on any atom is -0.304 e. The third kappa shape index (κ3) is 2.88. The Hall–Kier alpha value is -1.75. The van der Waals surface area contributed by atoms with Crippen molar-refractivity contribution in [2.24, 2.45) is 0 Å². The fourth-order valence-corrected chi connectivity index (χ4v) is 1.67. The number of H-pyrrole nitrogens is 1. The molecule has 0 spiro atoms. The highest BCUT2D eigenvalue weighted by molar-refractivity contribution is 5.24. The number of halogens is 1. The highest BCUT2D eigenvalue weighted by atomic mass is 19.1. The Bertz CT molecular complexity index is 438. The molecule has 0 amide bonds. The van der Waals surface area contributed by atoms with E-state index in [9.17, 15) is 4.39 Å². The molecule has 2 aromatic rings. The lowest BCUT2D eigenvalue weighted by atomic mass is 10.1. The lowest BCUT2D eigenvalue weighted by Crippen LogP contribution is -2.24. The van der Waals surface area contributed by atoms with Gasteiger partial charge in [-0.25, -0.2) is 9.37 Å². The first-order valence-corrected chi connectivity index (χ1v) is 5.65. The van der Waals surface area contributed by atoms with Gasteiger partial charge in [0.05, 0.1) is 6.04 Å². The number of aromatic nitrogens is 3. The van der Waals surface area contributed by atoms with Gasteiger partial charge in [0, 0.05) is 0 Å². The van der Waals surface area contributed by atoms with E-state index in [2.05, 4.69) is 27.4 Å². The Morgan fingerprint density at radius 2 is 2.12 bits per heavy atom. The van der Waals surface area contributed by atoms with E-state index in [0.717, 1.165) is 24.4 Å². The summed E-state index contributed by atoms with van der Waals surface area (Å²) in [5.74, 6) is 0.505. The van der Waals surface area contributed by atoms with Crippen molar-refractivity contribution in [3.05, 3.63) is 47.8 Å². The third-order valence-corrected chi connectivity index (χ3v) is 2.51. The molecule has 1 unspecified atom stereocenters.